The lowest BCUT2D eigenvalue weighted by atomic mass is 10.2. The van der Waals surface area contributed by atoms with Gasteiger partial charge in [0.05, 0.1) is 5.39 Å². The third kappa shape index (κ3) is 1.08. The molecule has 1 N–H and O–H groups in total. The van der Waals surface area contributed by atoms with E-state index in [1.54, 1.807) is 6.07 Å². The van der Waals surface area contributed by atoms with Crippen molar-refractivity contribution in [3.63, 3.8) is 0 Å². The fraction of sp³-hybridized carbons (Fsp3) is 0. The Balaban J connectivity index is 2.98. The second kappa shape index (κ2) is 2.81. The minimum absolute atomic E-state index is 0.324. The second-order valence-electron chi connectivity index (χ2n) is 2.29. The van der Waals surface area contributed by atoms with Gasteiger partial charge in [-0.25, -0.2) is 4.39 Å². The van der Waals surface area contributed by atoms with Gasteiger partial charge in [-0.1, -0.05) is 0 Å². The lowest BCUT2D eigenvalue weighted by Gasteiger charge is -1.93. The number of hydrogen-bond acceptors (Lipinski definition) is 1. The summed E-state index contributed by atoms with van der Waals surface area (Å²) >= 11 is 6.54. The molecule has 0 aliphatic carbocycles. The highest BCUT2D eigenvalue weighted by Crippen LogP contribution is 2.30. The highest BCUT2D eigenvalue weighted by atomic mass is 79.9. The molecule has 5 heteroatoms. The number of halogens is 3. The lowest BCUT2D eigenvalue weighted by Crippen LogP contribution is -1.77. The van der Waals surface area contributed by atoms with Crippen molar-refractivity contribution in [1.29, 1.82) is 0 Å². The molecule has 0 aliphatic heterocycles. The molecule has 1 heterocycles. The van der Waals surface area contributed by atoms with Crippen molar-refractivity contribution in [3.05, 3.63) is 27.0 Å². The molecule has 62 valence electrons. The Bertz CT molecular complexity index is 438. The van der Waals surface area contributed by atoms with Gasteiger partial charge in [-0.3, -0.25) is 5.10 Å². The van der Waals surface area contributed by atoms with E-state index >= 15 is 0 Å². The van der Waals surface area contributed by atoms with Gasteiger partial charge in [-0.05, 0) is 44.0 Å². The van der Waals surface area contributed by atoms with Crippen molar-refractivity contribution >= 4 is 42.8 Å². The monoisotopic (exact) mass is 292 g/mol. The van der Waals surface area contributed by atoms with Crippen LogP contribution in [0.15, 0.2) is 21.2 Å². The van der Waals surface area contributed by atoms with E-state index in [2.05, 4.69) is 42.1 Å². The smallest absolute Gasteiger partial charge is 0.151 e. The number of rotatable bonds is 0. The van der Waals surface area contributed by atoms with Crippen LogP contribution in [-0.4, -0.2) is 10.2 Å². The molecule has 0 atom stereocenters. The average molecular weight is 294 g/mol. The van der Waals surface area contributed by atoms with Gasteiger partial charge < -0.3 is 0 Å². The predicted molar refractivity (Wildman–Crippen MR) is 51.5 cm³/mol. The van der Waals surface area contributed by atoms with E-state index in [9.17, 15) is 4.39 Å². The summed E-state index contributed by atoms with van der Waals surface area (Å²) in [6, 6.07) is 3.03. The maximum absolute atomic E-state index is 13.1. The topological polar surface area (TPSA) is 28.7 Å². The van der Waals surface area contributed by atoms with E-state index in [0.29, 0.717) is 10.1 Å². The first kappa shape index (κ1) is 8.19. The number of aromatic nitrogens is 2. The van der Waals surface area contributed by atoms with Crippen LogP contribution in [0.3, 0.4) is 0 Å². The summed E-state index contributed by atoms with van der Waals surface area (Å²) < 4.78 is 14.6. The summed E-state index contributed by atoms with van der Waals surface area (Å²) in [6.07, 6.45) is 0. The summed E-state index contributed by atoms with van der Waals surface area (Å²) in [6.45, 7) is 0. The molecule has 1 aromatic carbocycles. The number of fused-ring (bicyclic) bond motifs is 1. The van der Waals surface area contributed by atoms with Gasteiger partial charge in [0.25, 0.3) is 0 Å². The molecule has 0 spiro atoms. The Labute approximate surface area is 84.4 Å². The molecule has 2 aromatic rings. The number of benzene rings is 1. The number of H-pyrrole nitrogens is 1. The fourth-order valence-electron chi connectivity index (χ4n) is 1.02. The van der Waals surface area contributed by atoms with Crippen LogP contribution in [0.4, 0.5) is 4.39 Å². The van der Waals surface area contributed by atoms with E-state index in [0.717, 1.165) is 9.86 Å². The summed E-state index contributed by atoms with van der Waals surface area (Å²) in [4.78, 5) is 0. The normalized spacial score (nSPS) is 10.9. The van der Waals surface area contributed by atoms with Crippen LogP contribution in [-0.2, 0) is 0 Å². The van der Waals surface area contributed by atoms with Crippen LogP contribution in [0, 0.1) is 5.82 Å². The van der Waals surface area contributed by atoms with Crippen molar-refractivity contribution < 1.29 is 4.39 Å². The van der Waals surface area contributed by atoms with Gasteiger partial charge in [0.2, 0.25) is 0 Å². The molecule has 0 saturated carbocycles. The van der Waals surface area contributed by atoms with Crippen LogP contribution >= 0.6 is 31.9 Å². The van der Waals surface area contributed by atoms with Gasteiger partial charge in [-0.15, -0.1) is 0 Å². The fourth-order valence-corrected chi connectivity index (χ4v) is 2.29. The molecule has 0 unspecified atom stereocenters. The predicted octanol–water partition coefficient (Wildman–Crippen LogP) is 3.23. The van der Waals surface area contributed by atoms with Crippen LogP contribution in [0.25, 0.3) is 10.9 Å². The van der Waals surface area contributed by atoms with Crippen molar-refractivity contribution in [2.24, 2.45) is 0 Å². The van der Waals surface area contributed by atoms with Gasteiger partial charge >= 0.3 is 0 Å². The molecule has 0 fully saturated rings. The highest BCUT2D eigenvalue weighted by Gasteiger charge is 2.10. The highest BCUT2D eigenvalue weighted by molar-refractivity contribution is 9.11. The van der Waals surface area contributed by atoms with Gasteiger partial charge in [0, 0.05) is 4.47 Å². The quantitative estimate of drug-likeness (QED) is 0.794. The average Bonchev–Trinajstić information content (AvgIpc) is 2.42. The van der Waals surface area contributed by atoms with Crippen LogP contribution < -0.4 is 0 Å². The third-order valence-electron chi connectivity index (χ3n) is 1.56. The Morgan fingerprint density at radius 1 is 1.33 bits per heavy atom. The van der Waals surface area contributed by atoms with Gasteiger partial charge in [-0.2, -0.15) is 5.10 Å². The molecule has 0 amide bonds. The van der Waals surface area contributed by atoms with E-state index in [4.69, 9.17) is 0 Å². The number of hydrogen-bond donors (Lipinski definition) is 1. The minimum atomic E-state index is -0.324. The van der Waals surface area contributed by atoms with Crippen molar-refractivity contribution in [1.82, 2.24) is 10.2 Å². The van der Waals surface area contributed by atoms with Crippen LogP contribution in [0.5, 0.6) is 0 Å². The molecule has 0 bridgehead atoms. The molecular weight excluding hydrogens is 291 g/mol. The van der Waals surface area contributed by atoms with E-state index in [1.807, 2.05) is 0 Å². The first-order chi connectivity index (χ1) is 5.70. The lowest BCUT2D eigenvalue weighted by molar-refractivity contribution is 0.636. The molecule has 0 radical (unpaired) electrons. The summed E-state index contributed by atoms with van der Waals surface area (Å²) in [5.74, 6) is -0.324. The maximum atomic E-state index is 13.1. The third-order valence-corrected chi connectivity index (χ3v) is 2.80. The molecule has 2 rings (SSSR count). The van der Waals surface area contributed by atoms with Crippen LogP contribution in [0.2, 0.25) is 0 Å². The number of nitrogens with zero attached hydrogens (tertiary/aromatic N) is 1. The number of nitrogens with one attached hydrogen (secondary N) is 1. The Morgan fingerprint density at radius 2 is 2.08 bits per heavy atom. The van der Waals surface area contributed by atoms with Gasteiger partial charge in [0.15, 0.2) is 5.82 Å². The van der Waals surface area contributed by atoms with Gasteiger partial charge in [0.1, 0.15) is 10.1 Å². The minimum Gasteiger partial charge on any atom is -0.270 e. The SMILES string of the molecule is Fc1ccc(Br)c2c(Br)[nH]nc12. The van der Waals surface area contributed by atoms with Crippen molar-refractivity contribution in [2.75, 3.05) is 0 Å². The molecule has 0 saturated heterocycles. The molecular formula is C7H3Br2FN2. The van der Waals surface area contributed by atoms with Crippen molar-refractivity contribution in [2.45, 2.75) is 0 Å². The number of aromatic amines is 1. The zero-order valence-corrected chi connectivity index (χ0v) is 8.91. The maximum Gasteiger partial charge on any atom is 0.151 e. The Hall–Kier alpha value is -0.420. The molecule has 12 heavy (non-hydrogen) atoms. The van der Waals surface area contributed by atoms with Crippen molar-refractivity contribution in [3.8, 4) is 0 Å². The summed E-state index contributed by atoms with van der Waals surface area (Å²) in [7, 11) is 0. The zero-order chi connectivity index (χ0) is 8.72. The first-order valence-corrected chi connectivity index (χ1v) is 4.76. The van der Waals surface area contributed by atoms with E-state index < -0.39 is 0 Å². The van der Waals surface area contributed by atoms with Crippen LogP contribution in [0.1, 0.15) is 0 Å². The Kier molecular flexibility index (Phi) is 1.92. The van der Waals surface area contributed by atoms with E-state index in [1.165, 1.54) is 6.07 Å². The second-order valence-corrected chi connectivity index (χ2v) is 3.94. The summed E-state index contributed by atoms with van der Waals surface area (Å²) in [5, 5.41) is 7.19. The zero-order valence-electron chi connectivity index (χ0n) is 5.74. The summed E-state index contributed by atoms with van der Waals surface area (Å²) in [5.41, 5.74) is 0.344. The molecule has 0 aliphatic rings. The van der Waals surface area contributed by atoms with E-state index in [-0.39, 0.29) is 5.82 Å². The molecule has 1 aromatic heterocycles. The Morgan fingerprint density at radius 3 is 2.75 bits per heavy atom. The standard InChI is InChI=1S/C7H3Br2FN2/c8-3-1-2-4(10)6-5(3)7(9)12-11-6/h1-2H,(H,11,12). The first-order valence-electron chi connectivity index (χ1n) is 3.17. The molecule has 2 nitrogen and oxygen atoms in total. The largest absolute Gasteiger partial charge is 0.270 e.